The third kappa shape index (κ3) is 21.5. The fraction of sp³-hybridized carbons (Fsp3) is 0.917. The fourth-order valence-electron chi connectivity index (χ4n) is 3.57. The van der Waals surface area contributed by atoms with E-state index in [0.29, 0.717) is 12.2 Å². The van der Waals surface area contributed by atoms with Crippen molar-refractivity contribution in [1.82, 2.24) is 0 Å². The van der Waals surface area contributed by atoms with E-state index >= 15 is 0 Å². The van der Waals surface area contributed by atoms with Crippen LogP contribution in [0.15, 0.2) is 11.8 Å². The van der Waals surface area contributed by atoms with Gasteiger partial charge in [-0.2, -0.15) is 0 Å². The molecule has 0 amide bonds. The molecule has 0 aliphatic rings. The molecule has 0 saturated heterocycles. The summed E-state index contributed by atoms with van der Waals surface area (Å²) < 4.78 is 0. The minimum atomic E-state index is -0.537. The van der Waals surface area contributed by atoms with Crippen LogP contribution in [0.4, 0.5) is 0 Å². The summed E-state index contributed by atoms with van der Waals surface area (Å²) in [6, 6.07) is 0. The number of hydrogen-bond donors (Lipinski definition) is 2. The molecule has 1 atom stereocenters. The molecular formula is C24H48O2. The van der Waals surface area contributed by atoms with Gasteiger partial charge >= 0.3 is 0 Å². The summed E-state index contributed by atoms with van der Waals surface area (Å²) in [6.07, 6.45) is 26.5. The van der Waals surface area contributed by atoms with Crippen LogP contribution >= 0.6 is 0 Å². The van der Waals surface area contributed by atoms with Gasteiger partial charge in [-0.15, -0.1) is 0 Å². The molecule has 0 radical (unpaired) electrons. The Kier molecular flexibility index (Phi) is 20.4. The summed E-state index contributed by atoms with van der Waals surface area (Å²) >= 11 is 0. The molecule has 0 saturated carbocycles. The van der Waals surface area contributed by atoms with Crippen molar-refractivity contribution >= 4 is 0 Å². The van der Waals surface area contributed by atoms with Crippen molar-refractivity contribution in [1.29, 1.82) is 0 Å². The summed E-state index contributed by atoms with van der Waals surface area (Å²) in [4.78, 5) is 0. The van der Waals surface area contributed by atoms with Crippen molar-refractivity contribution in [2.45, 2.75) is 142 Å². The maximum absolute atomic E-state index is 9.56. The van der Waals surface area contributed by atoms with Gasteiger partial charge in [0.2, 0.25) is 0 Å². The van der Waals surface area contributed by atoms with E-state index in [0.717, 1.165) is 6.42 Å². The van der Waals surface area contributed by atoms with Crippen molar-refractivity contribution in [2.75, 3.05) is 0 Å². The lowest BCUT2D eigenvalue weighted by Crippen LogP contribution is -1.96. The van der Waals surface area contributed by atoms with Crippen LogP contribution in [0, 0.1) is 0 Å². The Morgan fingerprint density at radius 1 is 0.615 bits per heavy atom. The third-order valence-corrected chi connectivity index (χ3v) is 5.22. The number of allylic oxidation sites excluding steroid dienone is 1. The zero-order valence-corrected chi connectivity index (χ0v) is 18.0. The monoisotopic (exact) mass is 368 g/mol. The summed E-state index contributed by atoms with van der Waals surface area (Å²) in [5.41, 5.74) is 0. The lowest BCUT2D eigenvalue weighted by atomic mass is 10.0. The van der Waals surface area contributed by atoms with E-state index in [-0.39, 0.29) is 0 Å². The van der Waals surface area contributed by atoms with Gasteiger partial charge in [-0.05, 0) is 19.4 Å². The molecule has 2 N–H and O–H groups in total. The second kappa shape index (κ2) is 20.8. The quantitative estimate of drug-likeness (QED) is 0.168. The summed E-state index contributed by atoms with van der Waals surface area (Å²) in [5, 5.41) is 18.7. The average Bonchev–Trinajstić information content (AvgIpc) is 2.60. The summed E-state index contributed by atoms with van der Waals surface area (Å²) in [5.74, 6) is 0.344. The van der Waals surface area contributed by atoms with Gasteiger partial charge in [0.05, 0.1) is 11.9 Å². The number of aliphatic hydroxyl groups excluding tert-OH is 2. The Morgan fingerprint density at radius 2 is 0.923 bits per heavy atom. The zero-order chi connectivity index (χ0) is 19.3. The molecule has 0 fully saturated rings. The minimum absolute atomic E-state index is 0.344. The molecule has 0 aliphatic heterocycles. The molecule has 156 valence electrons. The molecule has 1 unspecified atom stereocenters. The van der Waals surface area contributed by atoms with Gasteiger partial charge in [-0.1, -0.05) is 116 Å². The number of rotatable bonds is 20. The smallest absolute Gasteiger partial charge is 0.0908 e. The Hall–Kier alpha value is -0.500. The predicted molar refractivity (Wildman–Crippen MR) is 116 cm³/mol. The number of aliphatic hydroxyl groups is 2. The molecule has 0 spiro atoms. The zero-order valence-electron chi connectivity index (χ0n) is 18.0. The standard InChI is InChI=1S/C24H48O2/c1-3-4-5-6-7-8-9-10-11-12-13-14-15-16-17-18-19-20-21-24(26)22-23(2)25/h22-23,25-26H,3-21H2,1-2H3/b24-22-. The second-order valence-corrected chi connectivity index (χ2v) is 8.16. The third-order valence-electron chi connectivity index (χ3n) is 5.22. The average molecular weight is 369 g/mol. The van der Waals surface area contributed by atoms with Gasteiger partial charge in [0.25, 0.3) is 0 Å². The van der Waals surface area contributed by atoms with Gasteiger partial charge in [0, 0.05) is 6.42 Å². The second-order valence-electron chi connectivity index (χ2n) is 8.16. The summed E-state index contributed by atoms with van der Waals surface area (Å²) in [7, 11) is 0. The largest absolute Gasteiger partial charge is 0.513 e. The van der Waals surface area contributed by atoms with E-state index in [9.17, 15) is 5.11 Å². The van der Waals surface area contributed by atoms with Crippen LogP contribution in [0.5, 0.6) is 0 Å². The molecule has 0 aromatic carbocycles. The van der Waals surface area contributed by atoms with Crippen molar-refractivity contribution < 1.29 is 10.2 Å². The van der Waals surface area contributed by atoms with Crippen LogP contribution in [-0.4, -0.2) is 16.3 Å². The molecule has 0 rings (SSSR count). The van der Waals surface area contributed by atoms with Crippen molar-refractivity contribution in [3.05, 3.63) is 11.8 Å². The van der Waals surface area contributed by atoms with Gasteiger partial charge in [-0.3, -0.25) is 0 Å². The maximum Gasteiger partial charge on any atom is 0.0908 e. The first kappa shape index (κ1) is 25.5. The lowest BCUT2D eigenvalue weighted by molar-refractivity contribution is 0.235. The van der Waals surface area contributed by atoms with Crippen LogP contribution in [0.1, 0.15) is 136 Å². The van der Waals surface area contributed by atoms with E-state index in [1.54, 1.807) is 6.92 Å². The van der Waals surface area contributed by atoms with E-state index < -0.39 is 6.10 Å². The Labute approximate surface area is 164 Å². The van der Waals surface area contributed by atoms with Crippen LogP contribution in [0.2, 0.25) is 0 Å². The van der Waals surface area contributed by atoms with E-state index in [4.69, 9.17) is 5.11 Å². The number of unbranched alkanes of at least 4 members (excludes halogenated alkanes) is 17. The number of hydrogen-bond acceptors (Lipinski definition) is 2. The Balaban J connectivity index is 3.09. The Bertz CT molecular complexity index is 297. The topological polar surface area (TPSA) is 40.5 Å². The maximum atomic E-state index is 9.56. The predicted octanol–water partition coefficient (Wildman–Crippen LogP) is 8.24. The van der Waals surface area contributed by atoms with Crippen molar-refractivity contribution in [3.8, 4) is 0 Å². The van der Waals surface area contributed by atoms with Gasteiger partial charge in [0.15, 0.2) is 0 Å². The molecular weight excluding hydrogens is 320 g/mol. The highest BCUT2D eigenvalue weighted by atomic mass is 16.3. The first-order valence-corrected chi connectivity index (χ1v) is 11.7. The molecule has 2 nitrogen and oxygen atoms in total. The molecule has 2 heteroatoms. The van der Waals surface area contributed by atoms with E-state index in [1.807, 2.05) is 0 Å². The van der Waals surface area contributed by atoms with Crippen LogP contribution in [0.3, 0.4) is 0 Å². The first-order chi connectivity index (χ1) is 12.7. The molecule has 0 aromatic rings. The first-order valence-electron chi connectivity index (χ1n) is 11.7. The van der Waals surface area contributed by atoms with Crippen molar-refractivity contribution in [3.63, 3.8) is 0 Å². The lowest BCUT2D eigenvalue weighted by Gasteiger charge is -2.04. The van der Waals surface area contributed by atoms with Gasteiger partial charge in [0.1, 0.15) is 0 Å². The Morgan fingerprint density at radius 3 is 1.23 bits per heavy atom. The van der Waals surface area contributed by atoms with Gasteiger partial charge in [-0.25, -0.2) is 0 Å². The van der Waals surface area contributed by atoms with Crippen molar-refractivity contribution in [2.24, 2.45) is 0 Å². The molecule has 0 heterocycles. The minimum Gasteiger partial charge on any atom is -0.513 e. The normalized spacial score (nSPS) is 13.3. The highest BCUT2D eigenvalue weighted by Gasteiger charge is 1.98. The molecule has 0 aromatic heterocycles. The van der Waals surface area contributed by atoms with Crippen LogP contribution in [0.25, 0.3) is 0 Å². The van der Waals surface area contributed by atoms with Crippen LogP contribution in [-0.2, 0) is 0 Å². The SMILES string of the molecule is CCCCCCCCCCCCCCCCCCCC/C(O)=C/C(C)O. The van der Waals surface area contributed by atoms with Crippen LogP contribution < -0.4 is 0 Å². The summed E-state index contributed by atoms with van der Waals surface area (Å²) in [6.45, 7) is 3.96. The molecule has 26 heavy (non-hydrogen) atoms. The highest BCUT2D eigenvalue weighted by molar-refractivity contribution is 4.93. The van der Waals surface area contributed by atoms with E-state index in [1.165, 1.54) is 115 Å². The molecule has 0 bridgehead atoms. The van der Waals surface area contributed by atoms with E-state index in [2.05, 4.69) is 6.92 Å². The highest BCUT2D eigenvalue weighted by Crippen LogP contribution is 2.15. The van der Waals surface area contributed by atoms with Gasteiger partial charge < -0.3 is 10.2 Å². The molecule has 0 aliphatic carbocycles. The fourth-order valence-corrected chi connectivity index (χ4v) is 3.57.